The maximum absolute atomic E-state index is 12.4. The summed E-state index contributed by atoms with van der Waals surface area (Å²) in [5, 5.41) is 0.161. The fourth-order valence-electron chi connectivity index (χ4n) is 1.80. The molecule has 0 aliphatic carbocycles. The molecular weight excluding hydrogens is 328 g/mol. The maximum Gasteiger partial charge on any atom is 0.243 e. The maximum atomic E-state index is 12.4. The molecule has 21 heavy (non-hydrogen) atoms. The van der Waals surface area contributed by atoms with Crippen molar-refractivity contribution in [2.24, 2.45) is 0 Å². The van der Waals surface area contributed by atoms with Gasteiger partial charge in [-0.3, -0.25) is 0 Å². The molecule has 0 atom stereocenters. The van der Waals surface area contributed by atoms with Gasteiger partial charge in [-0.2, -0.15) is 4.31 Å². The number of thioether (sulfide) groups is 1. The van der Waals surface area contributed by atoms with Crippen molar-refractivity contribution in [3.05, 3.63) is 53.3 Å². The first-order valence-electron chi connectivity index (χ1n) is 6.14. The van der Waals surface area contributed by atoms with E-state index < -0.39 is 10.0 Å². The van der Waals surface area contributed by atoms with E-state index in [2.05, 4.69) is 4.98 Å². The Morgan fingerprint density at radius 2 is 1.90 bits per heavy atom. The number of rotatable bonds is 5. The third kappa shape index (κ3) is 3.97. The number of halogens is 1. The largest absolute Gasteiger partial charge is 0.244 e. The molecule has 0 radical (unpaired) electrons. The van der Waals surface area contributed by atoms with Crippen molar-refractivity contribution in [2.75, 3.05) is 13.3 Å². The van der Waals surface area contributed by atoms with Crippen LogP contribution in [-0.4, -0.2) is 31.0 Å². The molecule has 1 aromatic carbocycles. The molecule has 0 saturated heterocycles. The highest BCUT2D eigenvalue weighted by Gasteiger charge is 2.21. The summed E-state index contributed by atoms with van der Waals surface area (Å²) in [7, 11) is -2.02. The minimum atomic E-state index is -3.57. The first-order chi connectivity index (χ1) is 9.93. The van der Waals surface area contributed by atoms with Crippen LogP contribution in [0.25, 0.3) is 0 Å². The summed E-state index contributed by atoms with van der Waals surface area (Å²) in [4.78, 5) is 5.08. The van der Waals surface area contributed by atoms with Crippen LogP contribution in [0.15, 0.2) is 52.4 Å². The van der Waals surface area contributed by atoms with E-state index in [0.29, 0.717) is 6.54 Å². The quantitative estimate of drug-likeness (QED) is 0.618. The highest BCUT2D eigenvalue weighted by Crippen LogP contribution is 2.20. The van der Waals surface area contributed by atoms with E-state index in [9.17, 15) is 8.42 Å². The Kier molecular flexibility index (Phi) is 5.27. The Balaban J connectivity index is 2.20. The van der Waals surface area contributed by atoms with Crippen LogP contribution in [0.2, 0.25) is 5.15 Å². The number of pyridine rings is 1. The highest BCUT2D eigenvalue weighted by atomic mass is 35.5. The Morgan fingerprint density at radius 1 is 1.24 bits per heavy atom. The normalized spacial score (nSPS) is 11.8. The molecule has 1 aromatic heterocycles. The predicted octanol–water partition coefficient (Wildman–Crippen LogP) is 3.28. The number of hydrogen-bond acceptors (Lipinski definition) is 4. The van der Waals surface area contributed by atoms with Gasteiger partial charge in [0.25, 0.3) is 0 Å². The molecule has 4 nitrogen and oxygen atoms in total. The molecule has 7 heteroatoms. The van der Waals surface area contributed by atoms with Gasteiger partial charge in [-0.15, -0.1) is 11.8 Å². The molecule has 2 aromatic rings. The lowest BCUT2D eigenvalue weighted by atomic mass is 10.2. The highest BCUT2D eigenvalue weighted by molar-refractivity contribution is 7.98. The Morgan fingerprint density at radius 3 is 2.48 bits per heavy atom. The monoisotopic (exact) mass is 342 g/mol. The van der Waals surface area contributed by atoms with Crippen molar-refractivity contribution in [1.29, 1.82) is 0 Å². The first kappa shape index (κ1) is 16.3. The van der Waals surface area contributed by atoms with Crippen LogP contribution in [0.3, 0.4) is 0 Å². The zero-order valence-corrected chi connectivity index (χ0v) is 14.0. The van der Waals surface area contributed by atoms with Crippen molar-refractivity contribution >= 4 is 33.4 Å². The molecule has 0 amide bonds. The van der Waals surface area contributed by atoms with Gasteiger partial charge < -0.3 is 0 Å². The van der Waals surface area contributed by atoms with E-state index in [1.165, 1.54) is 22.6 Å². The molecule has 2 rings (SSSR count). The van der Waals surface area contributed by atoms with E-state index in [1.807, 2.05) is 30.5 Å². The summed E-state index contributed by atoms with van der Waals surface area (Å²) in [5.74, 6) is 0. The van der Waals surface area contributed by atoms with E-state index in [1.54, 1.807) is 18.8 Å². The zero-order valence-electron chi connectivity index (χ0n) is 11.7. The molecule has 0 spiro atoms. The van der Waals surface area contributed by atoms with Gasteiger partial charge in [0.15, 0.2) is 0 Å². The van der Waals surface area contributed by atoms with Crippen LogP contribution in [-0.2, 0) is 16.6 Å². The molecule has 112 valence electrons. The minimum absolute atomic E-state index is 0.144. The van der Waals surface area contributed by atoms with E-state index in [0.717, 1.165) is 10.5 Å². The van der Waals surface area contributed by atoms with E-state index in [4.69, 9.17) is 11.6 Å². The SMILES string of the molecule is CSc1ccc(CN(C)S(=O)(=O)c2ccnc(Cl)c2)cc1. The van der Waals surface area contributed by atoms with Crippen LogP contribution < -0.4 is 0 Å². The Bertz CT molecular complexity index is 718. The van der Waals surface area contributed by atoms with Crippen LogP contribution in [0.1, 0.15) is 5.56 Å². The van der Waals surface area contributed by atoms with Gasteiger partial charge in [-0.1, -0.05) is 23.7 Å². The molecule has 1 heterocycles. The molecule has 0 aliphatic heterocycles. The van der Waals surface area contributed by atoms with Gasteiger partial charge >= 0.3 is 0 Å². The summed E-state index contributed by atoms with van der Waals surface area (Å²) < 4.78 is 26.2. The lowest BCUT2D eigenvalue weighted by Crippen LogP contribution is -2.26. The fourth-order valence-corrected chi connectivity index (χ4v) is 3.62. The second-order valence-electron chi connectivity index (χ2n) is 4.42. The van der Waals surface area contributed by atoms with Crippen molar-refractivity contribution in [3.63, 3.8) is 0 Å². The van der Waals surface area contributed by atoms with Gasteiger partial charge in [0, 0.05) is 24.7 Å². The molecule has 0 unspecified atom stereocenters. The summed E-state index contributed by atoms with van der Waals surface area (Å²) in [6.07, 6.45) is 3.38. The topological polar surface area (TPSA) is 50.3 Å². The molecule has 0 aliphatic rings. The molecule has 0 bridgehead atoms. The lowest BCUT2D eigenvalue weighted by Gasteiger charge is -2.17. The van der Waals surface area contributed by atoms with Crippen molar-refractivity contribution in [3.8, 4) is 0 Å². The first-order valence-corrected chi connectivity index (χ1v) is 9.18. The van der Waals surface area contributed by atoms with Gasteiger partial charge in [0.1, 0.15) is 5.15 Å². The number of hydrogen-bond donors (Lipinski definition) is 0. The summed E-state index contributed by atoms with van der Waals surface area (Å²) >= 11 is 7.40. The fraction of sp³-hybridized carbons (Fsp3) is 0.214. The second-order valence-corrected chi connectivity index (χ2v) is 7.74. The van der Waals surface area contributed by atoms with Crippen molar-refractivity contribution in [1.82, 2.24) is 9.29 Å². The van der Waals surface area contributed by atoms with Crippen molar-refractivity contribution in [2.45, 2.75) is 16.3 Å². The third-order valence-electron chi connectivity index (χ3n) is 2.97. The minimum Gasteiger partial charge on any atom is -0.244 e. The summed E-state index contributed by atoms with van der Waals surface area (Å²) in [5.41, 5.74) is 0.930. The zero-order chi connectivity index (χ0) is 15.5. The Hall–Kier alpha value is -1.08. The van der Waals surface area contributed by atoms with Crippen molar-refractivity contribution < 1.29 is 8.42 Å². The van der Waals surface area contributed by atoms with Gasteiger partial charge in [0.2, 0.25) is 10.0 Å². The average Bonchev–Trinajstić information content (AvgIpc) is 2.48. The number of aromatic nitrogens is 1. The van der Waals surface area contributed by atoms with Gasteiger partial charge in [-0.25, -0.2) is 13.4 Å². The summed E-state index contributed by atoms with van der Waals surface area (Å²) in [6.45, 7) is 0.303. The lowest BCUT2D eigenvalue weighted by molar-refractivity contribution is 0.466. The standard InChI is InChI=1S/C14H15ClN2O2S2/c1-17(10-11-3-5-12(20-2)6-4-11)21(18,19)13-7-8-16-14(15)9-13/h3-9H,10H2,1-2H3. The van der Waals surface area contributed by atoms with Crippen LogP contribution in [0, 0.1) is 0 Å². The third-order valence-corrected chi connectivity index (χ3v) is 5.72. The second kappa shape index (κ2) is 6.79. The van der Waals surface area contributed by atoms with E-state index in [-0.39, 0.29) is 10.0 Å². The van der Waals surface area contributed by atoms with E-state index >= 15 is 0 Å². The number of benzene rings is 1. The molecule has 0 fully saturated rings. The van der Waals surface area contributed by atoms with Crippen LogP contribution in [0.4, 0.5) is 0 Å². The number of nitrogens with zero attached hydrogens (tertiary/aromatic N) is 2. The predicted molar refractivity (Wildman–Crippen MR) is 86.1 cm³/mol. The summed E-state index contributed by atoms with van der Waals surface area (Å²) in [6, 6.07) is 10.6. The van der Waals surface area contributed by atoms with Crippen LogP contribution >= 0.6 is 23.4 Å². The molecule has 0 saturated carbocycles. The van der Waals surface area contributed by atoms with Gasteiger partial charge in [-0.05, 0) is 36.1 Å². The molecular formula is C14H15ClN2O2S2. The van der Waals surface area contributed by atoms with Gasteiger partial charge in [0.05, 0.1) is 4.90 Å². The average molecular weight is 343 g/mol. The Labute approximate surface area is 134 Å². The number of sulfonamides is 1. The molecule has 0 N–H and O–H groups in total. The smallest absolute Gasteiger partial charge is 0.243 e. The van der Waals surface area contributed by atoms with Crippen LogP contribution in [0.5, 0.6) is 0 Å².